The van der Waals surface area contributed by atoms with E-state index in [0.29, 0.717) is 0 Å². The van der Waals surface area contributed by atoms with Crippen LogP contribution in [-0.4, -0.2) is 33.9 Å². The van der Waals surface area contributed by atoms with E-state index in [-0.39, 0.29) is 5.69 Å². The van der Waals surface area contributed by atoms with E-state index < -0.39 is 5.97 Å². The molecule has 1 N–H and O–H groups in total. The van der Waals surface area contributed by atoms with E-state index in [2.05, 4.69) is 36.0 Å². The van der Waals surface area contributed by atoms with E-state index >= 15 is 0 Å². The van der Waals surface area contributed by atoms with Crippen LogP contribution in [0, 0.1) is 0 Å². The largest absolute Gasteiger partial charge is 0.476 e. The van der Waals surface area contributed by atoms with Gasteiger partial charge in [-0.05, 0) is 32.0 Å². The number of carbonyl (C=O) groups is 1. The molecule has 0 unspecified atom stereocenters. The van der Waals surface area contributed by atoms with Gasteiger partial charge in [-0.15, -0.1) is 0 Å². The van der Waals surface area contributed by atoms with Gasteiger partial charge in [0.05, 0.1) is 5.69 Å². The van der Waals surface area contributed by atoms with Gasteiger partial charge in [-0.2, -0.15) is 5.10 Å². The van der Waals surface area contributed by atoms with E-state index in [1.807, 2.05) is 12.1 Å². The minimum Gasteiger partial charge on any atom is -0.476 e. The molecule has 2 rings (SSSR count). The molecule has 106 valence electrons. The Morgan fingerprint density at radius 3 is 2.55 bits per heavy atom. The van der Waals surface area contributed by atoms with Crippen LogP contribution in [0.15, 0.2) is 30.3 Å². The average Bonchev–Trinajstić information content (AvgIpc) is 2.83. The lowest BCUT2D eigenvalue weighted by molar-refractivity contribution is 0.0689. The van der Waals surface area contributed by atoms with Gasteiger partial charge in [-0.1, -0.05) is 12.1 Å². The number of anilines is 1. The molecule has 0 aliphatic rings. The molecule has 0 aliphatic carbocycles. The number of hydrogen-bond donors (Lipinski definition) is 1. The number of hydrogen-bond acceptors (Lipinski definition) is 3. The molecule has 0 saturated carbocycles. The van der Waals surface area contributed by atoms with E-state index in [1.54, 1.807) is 17.8 Å². The van der Waals surface area contributed by atoms with Crippen LogP contribution in [0.4, 0.5) is 5.69 Å². The van der Waals surface area contributed by atoms with Crippen molar-refractivity contribution in [2.75, 3.05) is 18.0 Å². The summed E-state index contributed by atoms with van der Waals surface area (Å²) in [6.07, 6.45) is 0. The summed E-state index contributed by atoms with van der Waals surface area (Å²) in [5.41, 5.74) is 2.97. The lowest BCUT2D eigenvalue weighted by Crippen LogP contribution is -2.21. The molecule has 20 heavy (non-hydrogen) atoms. The predicted molar refractivity (Wildman–Crippen MR) is 79.2 cm³/mol. The molecular weight excluding hydrogens is 254 g/mol. The molecule has 0 bridgehead atoms. The third-order valence-corrected chi connectivity index (χ3v) is 3.37. The van der Waals surface area contributed by atoms with Crippen molar-refractivity contribution in [3.8, 4) is 11.3 Å². The highest BCUT2D eigenvalue weighted by Crippen LogP contribution is 2.25. The third kappa shape index (κ3) is 2.66. The lowest BCUT2D eigenvalue weighted by atomic mass is 10.1. The fourth-order valence-corrected chi connectivity index (χ4v) is 2.29. The highest BCUT2D eigenvalue weighted by molar-refractivity contribution is 5.87. The average molecular weight is 273 g/mol. The Balaban J connectivity index is 2.43. The summed E-state index contributed by atoms with van der Waals surface area (Å²) >= 11 is 0. The Morgan fingerprint density at radius 1 is 1.30 bits per heavy atom. The normalized spacial score (nSPS) is 10.6. The topological polar surface area (TPSA) is 58.4 Å². The number of rotatable bonds is 5. The van der Waals surface area contributed by atoms with Gasteiger partial charge in [0.2, 0.25) is 0 Å². The van der Waals surface area contributed by atoms with Crippen molar-refractivity contribution in [2.24, 2.45) is 7.05 Å². The fraction of sp³-hybridized carbons (Fsp3) is 0.333. The maximum Gasteiger partial charge on any atom is 0.356 e. The summed E-state index contributed by atoms with van der Waals surface area (Å²) in [4.78, 5) is 13.2. The van der Waals surface area contributed by atoms with Gasteiger partial charge in [0, 0.05) is 31.4 Å². The van der Waals surface area contributed by atoms with Crippen LogP contribution < -0.4 is 4.90 Å². The molecule has 5 heteroatoms. The van der Waals surface area contributed by atoms with Gasteiger partial charge >= 0.3 is 5.97 Å². The maximum absolute atomic E-state index is 11.0. The lowest BCUT2D eigenvalue weighted by Gasteiger charge is -2.21. The Bertz CT molecular complexity index is 615. The predicted octanol–water partition coefficient (Wildman–Crippen LogP) is 2.63. The minimum absolute atomic E-state index is 0.0655. The maximum atomic E-state index is 11.0. The summed E-state index contributed by atoms with van der Waals surface area (Å²) in [7, 11) is 1.76. The van der Waals surface area contributed by atoms with E-state index in [0.717, 1.165) is 30.0 Å². The number of carboxylic acid groups (broad SMARTS) is 1. The van der Waals surface area contributed by atoms with Gasteiger partial charge in [-0.3, -0.25) is 4.68 Å². The monoisotopic (exact) mass is 273 g/mol. The minimum atomic E-state index is -1.01. The molecule has 0 atom stereocenters. The Labute approximate surface area is 118 Å². The van der Waals surface area contributed by atoms with Crippen molar-refractivity contribution in [3.63, 3.8) is 0 Å². The standard InChI is InChI=1S/C15H19N3O2/c1-4-18(5-2)12-8-6-7-11(9-12)14-10-13(15(19)20)16-17(14)3/h6-10H,4-5H2,1-3H3,(H,19,20). The Kier molecular flexibility index (Phi) is 4.08. The van der Waals surface area contributed by atoms with E-state index in [1.165, 1.54) is 0 Å². The number of nitrogens with zero attached hydrogens (tertiary/aromatic N) is 3. The molecule has 0 spiro atoms. The molecule has 1 heterocycles. The first-order valence-corrected chi connectivity index (χ1v) is 6.69. The zero-order valence-corrected chi connectivity index (χ0v) is 12.0. The van der Waals surface area contributed by atoms with Gasteiger partial charge < -0.3 is 10.0 Å². The van der Waals surface area contributed by atoms with Gasteiger partial charge in [0.25, 0.3) is 0 Å². The smallest absolute Gasteiger partial charge is 0.356 e. The molecule has 0 radical (unpaired) electrons. The summed E-state index contributed by atoms with van der Waals surface area (Å²) < 4.78 is 1.60. The van der Waals surface area contributed by atoms with Crippen LogP contribution >= 0.6 is 0 Å². The highest BCUT2D eigenvalue weighted by Gasteiger charge is 2.13. The van der Waals surface area contributed by atoms with Crippen molar-refractivity contribution in [1.29, 1.82) is 0 Å². The molecule has 0 fully saturated rings. The van der Waals surface area contributed by atoms with E-state index in [9.17, 15) is 4.79 Å². The number of benzene rings is 1. The highest BCUT2D eigenvalue weighted by atomic mass is 16.4. The second kappa shape index (κ2) is 5.77. The molecule has 0 amide bonds. The van der Waals surface area contributed by atoms with E-state index in [4.69, 9.17) is 5.11 Å². The third-order valence-electron chi connectivity index (χ3n) is 3.37. The molecular formula is C15H19N3O2. The Morgan fingerprint density at radius 2 is 2.00 bits per heavy atom. The zero-order valence-electron chi connectivity index (χ0n) is 12.0. The first-order valence-electron chi connectivity index (χ1n) is 6.69. The summed E-state index contributed by atoms with van der Waals surface area (Å²) in [5.74, 6) is -1.01. The molecule has 5 nitrogen and oxygen atoms in total. The summed E-state index contributed by atoms with van der Waals surface area (Å²) in [6, 6.07) is 9.68. The summed E-state index contributed by atoms with van der Waals surface area (Å²) in [6.45, 7) is 6.10. The second-order valence-electron chi connectivity index (χ2n) is 4.57. The molecule has 0 saturated heterocycles. The van der Waals surface area contributed by atoms with Gasteiger partial charge in [0.15, 0.2) is 5.69 Å². The van der Waals surface area contributed by atoms with Crippen LogP contribution in [0.2, 0.25) is 0 Å². The SMILES string of the molecule is CCN(CC)c1cccc(-c2cc(C(=O)O)nn2C)c1. The van der Waals surface area contributed by atoms with Crippen molar-refractivity contribution in [1.82, 2.24) is 9.78 Å². The Hall–Kier alpha value is -2.30. The quantitative estimate of drug-likeness (QED) is 0.909. The van der Waals surface area contributed by atoms with Crippen molar-refractivity contribution in [3.05, 3.63) is 36.0 Å². The van der Waals surface area contributed by atoms with Crippen LogP contribution in [0.1, 0.15) is 24.3 Å². The van der Waals surface area contributed by atoms with Crippen LogP contribution in [0.3, 0.4) is 0 Å². The van der Waals surface area contributed by atoms with Gasteiger partial charge in [-0.25, -0.2) is 4.79 Å². The van der Waals surface area contributed by atoms with Gasteiger partial charge in [0.1, 0.15) is 0 Å². The first-order chi connectivity index (χ1) is 9.56. The number of aromatic nitrogens is 2. The molecule has 1 aromatic carbocycles. The number of aromatic carboxylic acids is 1. The summed E-state index contributed by atoms with van der Waals surface area (Å²) in [5, 5.41) is 13.0. The first kappa shape index (κ1) is 14.1. The zero-order chi connectivity index (χ0) is 14.7. The fourth-order valence-electron chi connectivity index (χ4n) is 2.29. The number of aryl methyl sites for hydroxylation is 1. The number of carboxylic acids is 1. The molecule has 1 aromatic heterocycles. The van der Waals surface area contributed by atoms with Crippen molar-refractivity contribution >= 4 is 11.7 Å². The van der Waals surface area contributed by atoms with Crippen LogP contribution in [0.5, 0.6) is 0 Å². The van der Waals surface area contributed by atoms with Crippen LogP contribution in [0.25, 0.3) is 11.3 Å². The van der Waals surface area contributed by atoms with Crippen LogP contribution in [-0.2, 0) is 7.05 Å². The molecule has 0 aliphatic heterocycles. The van der Waals surface area contributed by atoms with Crippen molar-refractivity contribution < 1.29 is 9.90 Å². The molecule has 2 aromatic rings. The second-order valence-corrected chi connectivity index (χ2v) is 4.57. The van der Waals surface area contributed by atoms with Crippen molar-refractivity contribution in [2.45, 2.75) is 13.8 Å².